The molecule has 0 fully saturated rings. The maximum Gasteiger partial charge on any atom is 0.225 e. The molecule has 0 spiro atoms. The maximum absolute atomic E-state index is 12.0. The number of nitrogens with one attached hydrogen (secondary N) is 2. The number of aliphatic hydroxyl groups excluding tert-OH is 1. The Labute approximate surface area is 137 Å². The summed E-state index contributed by atoms with van der Waals surface area (Å²) in [6.07, 6.45) is -0.217. The predicted molar refractivity (Wildman–Crippen MR) is 93.3 cm³/mol. The van der Waals surface area contributed by atoms with Gasteiger partial charge < -0.3 is 15.7 Å². The molecule has 0 saturated heterocycles. The summed E-state index contributed by atoms with van der Waals surface area (Å²) < 4.78 is 0. The van der Waals surface area contributed by atoms with E-state index in [-0.39, 0.29) is 11.9 Å². The van der Waals surface area contributed by atoms with E-state index in [0.29, 0.717) is 13.0 Å². The van der Waals surface area contributed by atoms with Crippen LogP contribution in [0.4, 0.5) is 5.69 Å². The highest BCUT2D eigenvalue weighted by atomic mass is 16.3. The number of carbonyl (C=O) groups excluding carboxylic acids is 1. The van der Waals surface area contributed by atoms with Crippen LogP contribution in [0.1, 0.15) is 30.6 Å². The summed E-state index contributed by atoms with van der Waals surface area (Å²) in [4.78, 5) is 12.0. The predicted octanol–water partition coefficient (Wildman–Crippen LogP) is 3.04. The van der Waals surface area contributed by atoms with E-state index in [0.717, 1.165) is 11.3 Å². The highest BCUT2D eigenvalue weighted by molar-refractivity contribution is 5.90. The number of hydrogen-bond donors (Lipinski definition) is 3. The van der Waals surface area contributed by atoms with E-state index in [1.807, 2.05) is 68.4 Å². The highest BCUT2D eigenvalue weighted by Crippen LogP contribution is 2.13. The summed E-state index contributed by atoms with van der Waals surface area (Å²) >= 11 is 0. The zero-order chi connectivity index (χ0) is 16.7. The first-order valence-electron chi connectivity index (χ1n) is 7.87. The molecule has 2 aromatic rings. The lowest BCUT2D eigenvalue weighted by atomic mass is 10.1. The van der Waals surface area contributed by atoms with Crippen LogP contribution in [-0.2, 0) is 4.79 Å². The number of hydrogen-bond acceptors (Lipinski definition) is 3. The number of carbonyl (C=O) groups is 1. The number of aliphatic hydroxyl groups is 1. The molecule has 122 valence electrons. The molecular weight excluding hydrogens is 288 g/mol. The monoisotopic (exact) mass is 312 g/mol. The second-order valence-electron chi connectivity index (χ2n) is 5.85. The molecule has 0 saturated carbocycles. The Morgan fingerprint density at radius 1 is 1.09 bits per heavy atom. The van der Waals surface area contributed by atoms with Crippen LogP contribution < -0.4 is 10.6 Å². The van der Waals surface area contributed by atoms with E-state index in [2.05, 4.69) is 10.6 Å². The van der Waals surface area contributed by atoms with Crippen molar-refractivity contribution in [2.75, 3.05) is 11.9 Å². The Balaban J connectivity index is 1.75. The molecule has 1 amide bonds. The average Bonchev–Trinajstić information content (AvgIpc) is 2.54. The van der Waals surface area contributed by atoms with Gasteiger partial charge in [0.25, 0.3) is 0 Å². The minimum atomic E-state index is -0.574. The van der Waals surface area contributed by atoms with Gasteiger partial charge in [-0.3, -0.25) is 4.79 Å². The van der Waals surface area contributed by atoms with Crippen molar-refractivity contribution in [1.29, 1.82) is 0 Å². The molecule has 4 nitrogen and oxygen atoms in total. The first-order valence-corrected chi connectivity index (χ1v) is 7.87. The van der Waals surface area contributed by atoms with Crippen LogP contribution in [0, 0.1) is 6.92 Å². The first-order chi connectivity index (χ1) is 11.0. The summed E-state index contributed by atoms with van der Waals surface area (Å²) in [5.41, 5.74) is 2.84. The average molecular weight is 312 g/mol. The minimum absolute atomic E-state index is 0.0150. The summed E-state index contributed by atoms with van der Waals surface area (Å²) in [5.74, 6) is -0.0407. The Kier molecular flexibility index (Phi) is 6.32. The van der Waals surface area contributed by atoms with Gasteiger partial charge in [-0.1, -0.05) is 48.0 Å². The normalized spacial score (nSPS) is 13.3. The SMILES string of the molecule is Cc1ccc([C@H](O)CN[C@@H](C)CC(=O)Nc2ccccc2)cc1. The van der Waals surface area contributed by atoms with Crippen molar-refractivity contribution in [3.05, 3.63) is 65.7 Å². The van der Waals surface area contributed by atoms with Gasteiger partial charge in [-0.2, -0.15) is 0 Å². The van der Waals surface area contributed by atoms with Gasteiger partial charge in [0.2, 0.25) is 5.91 Å². The Morgan fingerprint density at radius 2 is 1.74 bits per heavy atom. The van der Waals surface area contributed by atoms with Crippen molar-refractivity contribution in [1.82, 2.24) is 5.32 Å². The van der Waals surface area contributed by atoms with Crippen LogP contribution >= 0.6 is 0 Å². The zero-order valence-electron chi connectivity index (χ0n) is 13.6. The van der Waals surface area contributed by atoms with Gasteiger partial charge in [-0.15, -0.1) is 0 Å². The van der Waals surface area contributed by atoms with Crippen molar-refractivity contribution in [3.8, 4) is 0 Å². The van der Waals surface area contributed by atoms with Crippen LogP contribution in [0.25, 0.3) is 0 Å². The topological polar surface area (TPSA) is 61.4 Å². The third kappa shape index (κ3) is 5.85. The summed E-state index contributed by atoms with van der Waals surface area (Å²) in [5, 5.41) is 16.2. The number of anilines is 1. The molecule has 3 N–H and O–H groups in total. The summed E-state index contributed by atoms with van der Waals surface area (Å²) in [6.45, 7) is 4.37. The molecule has 0 bridgehead atoms. The quantitative estimate of drug-likeness (QED) is 0.736. The van der Waals surface area contributed by atoms with Gasteiger partial charge in [0, 0.05) is 24.7 Å². The van der Waals surface area contributed by atoms with Crippen molar-refractivity contribution in [2.45, 2.75) is 32.4 Å². The molecule has 23 heavy (non-hydrogen) atoms. The largest absolute Gasteiger partial charge is 0.387 e. The Bertz CT molecular complexity index is 611. The van der Waals surface area contributed by atoms with E-state index < -0.39 is 6.10 Å². The third-order valence-electron chi connectivity index (χ3n) is 3.67. The standard InChI is InChI=1S/C19H24N2O2/c1-14-8-10-16(11-9-14)18(22)13-20-15(2)12-19(23)21-17-6-4-3-5-7-17/h3-11,15,18,20,22H,12-13H2,1-2H3,(H,21,23)/t15-,18+/m0/s1. The number of amides is 1. The van der Waals surface area contributed by atoms with E-state index >= 15 is 0 Å². The Hall–Kier alpha value is -2.17. The zero-order valence-corrected chi connectivity index (χ0v) is 13.6. The second-order valence-corrected chi connectivity index (χ2v) is 5.85. The summed E-state index contributed by atoms with van der Waals surface area (Å²) in [7, 11) is 0. The van der Waals surface area contributed by atoms with Crippen LogP contribution in [0.3, 0.4) is 0 Å². The molecule has 0 unspecified atom stereocenters. The van der Waals surface area contributed by atoms with Gasteiger partial charge in [0.15, 0.2) is 0 Å². The molecule has 0 heterocycles. The lowest BCUT2D eigenvalue weighted by Gasteiger charge is -2.17. The van der Waals surface area contributed by atoms with E-state index in [4.69, 9.17) is 0 Å². The van der Waals surface area contributed by atoms with Gasteiger partial charge in [-0.25, -0.2) is 0 Å². The molecule has 0 aromatic heterocycles. The van der Waals surface area contributed by atoms with Gasteiger partial charge in [-0.05, 0) is 31.5 Å². The summed E-state index contributed by atoms with van der Waals surface area (Å²) in [6, 6.07) is 17.2. The van der Waals surface area contributed by atoms with Crippen molar-refractivity contribution < 1.29 is 9.90 Å². The van der Waals surface area contributed by atoms with Gasteiger partial charge >= 0.3 is 0 Å². The fourth-order valence-electron chi connectivity index (χ4n) is 2.30. The van der Waals surface area contributed by atoms with Crippen LogP contribution in [0.2, 0.25) is 0 Å². The van der Waals surface area contributed by atoms with E-state index in [1.54, 1.807) is 0 Å². The lowest BCUT2D eigenvalue weighted by molar-refractivity contribution is -0.116. The smallest absolute Gasteiger partial charge is 0.225 e. The van der Waals surface area contributed by atoms with Crippen LogP contribution in [-0.4, -0.2) is 23.6 Å². The lowest BCUT2D eigenvalue weighted by Crippen LogP contribution is -2.33. The van der Waals surface area contributed by atoms with Crippen molar-refractivity contribution >= 4 is 11.6 Å². The molecular formula is C19H24N2O2. The number of aryl methyl sites for hydroxylation is 1. The molecule has 0 aliphatic rings. The minimum Gasteiger partial charge on any atom is -0.387 e. The van der Waals surface area contributed by atoms with Gasteiger partial charge in [0.1, 0.15) is 0 Å². The number of benzene rings is 2. The molecule has 2 aromatic carbocycles. The van der Waals surface area contributed by atoms with Gasteiger partial charge in [0.05, 0.1) is 6.10 Å². The second kappa shape index (κ2) is 8.46. The van der Waals surface area contributed by atoms with E-state index in [9.17, 15) is 9.90 Å². The first kappa shape index (κ1) is 17.2. The molecule has 0 aliphatic carbocycles. The van der Waals surface area contributed by atoms with Crippen molar-refractivity contribution in [2.24, 2.45) is 0 Å². The molecule has 2 rings (SSSR count). The third-order valence-corrected chi connectivity index (χ3v) is 3.67. The van der Waals surface area contributed by atoms with Crippen molar-refractivity contribution in [3.63, 3.8) is 0 Å². The maximum atomic E-state index is 12.0. The fourth-order valence-corrected chi connectivity index (χ4v) is 2.30. The van der Waals surface area contributed by atoms with Crippen LogP contribution in [0.15, 0.2) is 54.6 Å². The molecule has 2 atom stereocenters. The molecule has 0 radical (unpaired) electrons. The Morgan fingerprint density at radius 3 is 2.39 bits per heavy atom. The number of para-hydroxylation sites is 1. The molecule has 4 heteroatoms. The van der Waals surface area contributed by atoms with E-state index in [1.165, 1.54) is 5.56 Å². The highest BCUT2D eigenvalue weighted by Gasteiger charge is 2.12. The number of rotatable bonds is 7. The van der Waals surface area contributed by atoms with Crippen LogP contribution in [0.5, 0.6) is 0 Å². The molecule has 0 aliphatic heterocycles. The fraction of sp³-hybridized carbons (Fsp3) is 0.316.